The third-order valence-corrected chi connectivity index (χ3v) is 2.92. The number of aliphatic hydroxyl groups is 1. The van der Waals surface area contributed by atoms with E-state index >= 15 is 0 Å². The molecule has 0 unspecified atom stereocenters. The second kappa shape index (κ2) is 5.71. The Hall–Kier alpha value is -2.40. The Morgan fingerprint density at radius 2 is 2.00 bits per heavy atom. The fraction of sp³-hybridized carbons (Fsp3) is 0.200. The summed E-state index contributed by atoms with van der Waals surface area (Å²) in [6.45, 7) is 3.52. The number of ether oxygens (including phenoxy) is 1. The van der Waals surface area contributed by atoms with Gasteiger partial charge in [0.1, 0.15) is 17.3 Å². The molecule has 5 heteroatoms. The summed E-state index contributed by atoms with van der Waals surface area (Å²) in [6.07, 6.45) is 0. The van der Waals surface area contributed by atoms with Gasteiger partial charge in [0.25, 0.3) is 0 Å². The van der Waals surface area contributed by atoms with Gasteiger partial charge in [-0.1, -0.05) is 18.2 Å². The number of pyridine rings is 1. The monoisotopic (exact) mass is 271 g/mol. The summed E-state index contributed by atoms with van der Waals surface area (Å²) in [5, 5.41) is 17.0. The normalized spacial score (nSPS) is 10.3. The lowest BCUT2D eigenvalue weighted by molar-refractivity contribution is 0.276. The number of rotatable bonds is 4. The van der Waals surface area contributed by atoms with E-state index in [0.29, 0.717) is 28.3 Å². The van der Waals surface area contributed by atoms with Gasteiger partial charge in [-0.25, -0.2) is 0 Å². The number of benzene rings is 1. The van der Waals surface area contributed by atoms with Crippen molar-refractivity contribution in [2.24, 2.45) is 5.73 Å². The van der Waals surface area contributed by atoms with Crippen molar-refractivity contribution in [1.29, 1.82) is 5.41 Å². The van der Waals surface area contributed by atoms with E-state index < -0.39 is 0 Å². The smallest absolute Gasteiger partial charge is 0.141 e. The van der Waals surface area contributed by atoms with Gasteiger partial charge in [0.15, 0.2) is 0 Å². The van der Waals surface area contributed by atoms with Crippen LogP contribution in [0, 0.1) is 19.3 Å². The number of aliphatic hydroxyl groups excluding tert-OH is 1. The number of nitrogen functional groups attached to an aromatic ring is 1. The van der Waals surface area contributed by atoms with Crippen LogP contribution in [0.2, 0.25) is 0 Å². The minimum atomic E-state index is -0.116. The molecule has 0 saturated carbocycles. The molecule has 4 N–H and O–H groups in total. The van der Waals surface area contributed by atoms with Gasteiger partial charge in [0.05, 0.1) is 17.9 Å². The van der Waals surface area contributed by atoms with Crippen LogP contribution in [-0.4, -0.2) is 15.9 Å². The number of nitrogens with two attached hydrogens (primary N) is 1. The van der Waals surface area contributed by atoms with Crippen molar-refractivity contribution in [2.75, 3.05) is 0 Å². The molecule has 0 saturated heterocycles. The summed E-state index contributed by atoms with van der Waals surface area (Å²) < 4.78 is 5.83. The third kappa shape index (κ3) is 2.78. The van der Waals surface area contributed by atoms with Crippen LogP contribution in [0.5, 0.6) is 11.5 Å². The molecule has 0 spiro atoms. The molecule has 1 aromatic heterocycles. The maximum atomic E-state index is 9.32. The van der Waals surface area contributed by atoms with Gasteiger partial charge in [0, 0.05) is 17.3 Å². The van der Waals surface area contributed by atoms with Crippen LogP contribution in [0.25, 0.3) is 0 Å². The minimum absolute atomic E-state index is 0.0912. The molecular weight excluding hydrogens is 254 g/mol. The Bertz CT molecular complexity index is 654. The van der Waals surface area contributed by atoms with Crippen LogP contribution in [0.1, 0.15) is 22.5 Å². The number of nitrogens with zero attached hydrogens (tertiary/aromatic N) is 1. The summed E-state index contributed by atoms with van der Waals surface area (Å²) in [5.74, 6) is 0.928. The first-order valence-electron chi connectivity index (χ1n) is 6.22. The SMILES string of the molecule is Cc1cc(Oc2ccccc2CO)c(C(=N)N)c(C)n1. The summed E-state index contributed by atoms with van der Waals surface area (Å²) in [6, 6.07) is 8.93. The van der Waals surface area contributed by atoms with E-state index in [2.05, 4.69) is 4.98 Å². The zero-order valence-electron chi connectivity index (χ0n) is 11.5. The van der Waals surface area contributed by atoms with Crippen LogP contribution in [0.4, 0.5) is 0 Å². The van der Waals surface area contributed by atoms with E-state index in [1.165, 1.54) is 0 Å². The van der Waals surface area contributed by atoms with Crippen LogP contribution in [0.15, 0.2) is 30.3 Å². The van der Waals surface area contributed by atoms with Gasteiger partial charge in [-0.2, -0.15) is 0 Å². The molecular formula is C15H17N3O2. The molecule has 0 amide bonds. The van der Waals surface area contributed by atoms with E-state index in [1.807, 2.05) is 19.1 Å². The Kier molecular flexibility index (Phi) is 4.00. The third-order valence-electron chi connectivity index (χ3n) is 2.92. The largest absolute Gasteiger partial charge is 0.456 e. The van der Waals surface area contributed by atoms with Gasteiger partial charge in [0.2, 0.25) is 0 Å². The molecule has 1 heterocycles. The van der Waals surface area contributed by atoms with Crippen molar-refractivity contribution in [2.45, 2.75) is 20.5 Å². The van der Waals surface area contributed by atoms with Crippen molar-refractivity contribution in [3.05, 3.63) is 52.8 Å². The van der Waals surface area contributed by atoms with Gasteiger partial charge in [-0.15, -0.1) is 0 Å². The highest BCUT2D eigenvalue weighted by Crippen LogP contribution is 2.29. The molecule has 0 atom stereocenters. The molecule has 20 heavy (non-hydrogen) atoms. The van der Waals surface area contributed by atoms with Gasteiger partial charge in [-0.3, -0.25) is 10.4 Å². The molecule has 0 aliphatic rings. The molecule has 5 nitrogen and oxygen atoms in total. The van der Waals surface area contributed by atoms with Gasteiger partial charge < -0.3 is 15.6 Å². The van der Waals surface area contributed by atoms with Crippen LogP contribution >= 0.6 is 0 Å². The van der Waals surface area contributed by atoms with E-state index in [9.17, 15) is 5.11 Å². The average molecular weight is 271 g/mol. The first-order valence-corrected chi connectivity index (χ1v) is 6.22. The number of aryl methyl sites for hydroxylation is 2. The second-order valence-electron chi connectivity index (χ2n) is 4.50. The Balaban J connectivity index is 2.50. The number of para-hydroxylation sites is 1. The van der Waals surface area contributed by atoms with Crippen molar-refractivity contribution in [1.82, 2.24) is 4.98 Å². The standard InChI is InChI=1S/C15H17N3O2/c1-9-7-13(14(15(16)17)10(2)18-9)20-12-6-4-3-5-11(12)8-19/h3-7,19H,8H2,1-2H3,(H3,16,17). The number of aromatic nitrogens is 1. The lowest BCUT2D eigenvalue weighted by Crippen LogP contribution is -2.15. The minimum Gasteiger partial charge on any atom is -0.456 e. The zero-order chi connectivity index (χ0) is 14.7. The Labute approximate surface area is 117 Å². The number of hydrogen-bond acceptors (Lipinski definition) is 4. The molecule has 104 valence electrons. The van der Waals surface area contributed by atoms with E-state index in [-0.39, 0.29) is 12.4 Å². The highest BCUT2D eigenvalue weighted by molar-refractivity contribution is 5.98. The number of hydrogen-bond donors (Lipinski definition) is 3. The van der Waals surface area contributed by atoms with Crippen LogP contribution < -0.4 is 10.5 Å². The summed E-state index contributed by atoms with van der Waals surface area (Å²) in [4.78, 5) is 4.29. The molecule has 0 radical (unpaired) electrons. The lowest BCUT2D eigenvalue weighted by Gasteiger charge is -2.15. The Morgan fingerprint density at radius 1 is 1.30 bits per heavy atom. The zero-order valence-corrected chi connectivity index (χ0v) is 11.5. The number of nitrogens with one attached hydrogen (secondary N) is 1. The molecule has 2 aromatic rings. The topological polar surface area (TPSA) is 92.2 Å². The average Bonchev–Trinajstić information content (AvgIpc) is 2.38. The summed E-state index contributed by atoms with van der Waals surface area (Å²) >= 11 is 0. The highest BCUT2D eigenvalue weighted by Gasteiger charge is 2.14. The maximum Gasteiger partial charge on any atom is 0.141 e. The van der Waals surface area contributed by atoms with E-state index in [1.54, 1.807) is 25.1 Å². The Morgan fingerprint density at radius 3 is 2.65 bits per heavy atom. The first-order chi connectivity index (χ1) is 9.52. The second-order valence-corrected chi connectivity index (χ2v) is 4.50. The molecule has 2 rings (SSSR count). The predicted octanol–water partition coefficient (Wildman–Crippen LogP) is 2.27. The fourth-order valence-electron chi connectivity index (χ4n) is 2.05. The molecule has 1 aromatic carbocycles. The molecule has 0 fully saturated rings. The van der Waals surface area contributed by atoms with Gasteiger partial charge in [-0.05, 0) is 19.9 Å². The number of amidine groups is 1. The van der Waals surface area contributed by atoms with E-state index in [0.717, 1.165) is 5.69 Å². The van der Waals surface area contributed by atoms with Crippen molar-refractivity contribution < 1.29 is 9.84 Å². The van der Waals surface area contributed by atoms with Crippen molar-refractivity contribution in [3.8, 4) is 11.5 Å². The molecule has 0 aliphatic heterocycles. The van der Waals surface area contributed by atoms with Crippen molar-refractivity contribution >= 4 is 5.84 Å². The summed E-state index contributed by atoms with van der Waals surface area (Å²) in [7, 11) is 0. The van der Waals surface area contributed by atoms with E-state index in [4.69, 9.17) is 15.9 Å². The molecule has 0 aliphatic carbocycles. The first kappa shape index (κ1) is 14.0. The summed E-state index contributed by atoms with van der Waals surface area (Å²) in [5.41, 5.74) is 8.18. The van der Waals surface area contributed by atoms with Gasteiger partial charge >= 0.3 is 0 Å². The maximum absolute atomic E-state index is 9.32. The van der Waals surface area contributed by atoms with Crippen LogP contribution in [0.3, 0.4) is 0 Å². The lowest BCUT2D eigenvalue weighted by atomic mass is 10.1. The van der Waals surface area contributed by atoms with Crippen molar-refractivity contribution in [3.63, 3.8) is 0 Å². The quantitative estimate of drug-likeness (QED) is 0.587. The van der Waals surface area contributed by atoms with Crippen LogP contribution in [-0.2, 0) is 6.61 Å². The molecule has 0 bridgehead atoms. The predicted molar refractivity (Wildman–Crippen MR) is 77.2 cm³/mol. The highest BCUT2D eigenvalue weighted by atomic mass is 16.5. The fourth-order valence-corrected chi connectivity index (χ4v) is 2.05.